The smallest absolute Gasteiger partial charge is 0.275 e. The van der Waals surface area contributed by atoms with E-state index in [-0.39, 0.29) is 5.91 Å². The van der Waals surface area contributed by atoms with Crippen LogP contribution in [0.1, 0.15) is 16.1 Å². The molecule has 0 aliphatic carbocycles. The summed E-state index contributed by atoms with van der Waals surface area (Å²) in [5.74, 6) is -0.189. The Morgan fingerprint density at radius 3 is 2.94 bits per heavy atom. The minimum Gasteiger partial charge on any atom is -0.320 e. The maximum atomic E-state index is 11.7. The number of aryl methyl sites for hydroxylation is 1. The molecular weight excluding hydrogens is 288 g/mol. The molecule has 82 valence electrons. The molecule has 0 atom stereocenters. The Morgan fingerprint density at radius 2 is 2.31 bits per heavy atom. The quantitative estimate of drug-likeness (QED) is 0.922. The van der Waals surface area contributed by atoms with Gasteiger partial charge >= 0.3 is 0 Å². The summed E-state index contributed by atoms with van der Waals surface area (Å²) >= 11 is 4.81. The molecule has 1 heterocycles. The van der Waals surface area contributed by atoms with Crippen molar-refractivity contribution in [3.8, 4) is 0 Å². The predicted molar refractivity (Wildman–Crippen MR) is 68.9 cm³/mol. The molecule has 0 aliphatic heterocycles. The molecule has 16 heavy (non-hydrogen) atoms. The zero-order chi connectivity index (χ0) is 11.5. The second-order valence-electron chi connectivity index (χ2n) is 3.31. The Hall–Kier alpha value is -1.20. The maximum absolute atomic E-state index is 11.7. The van der Waals surface area contributed by atoms with Gasteiger partial charge in [-0.25, -0.2) is 4.98 Å². The first-order valence-corrected chi connectivity index (χ1v) is 6.36. The summed E-state index contributed by atoms with van der Waals surface area (Å²) in [6, 6.07) is 5.77. The third kappa shape index (κ3) is 2.48. The molecule has 1 amide bonds. The molecule has 3 nitrogen and oxygen atoms in total. The van der Waals surface area contributed by atoms with Crippen molar-refractivity contribution < 1.29 is 4.79 Å². The molecule has 0 radical (unpaired) electrons. The third-order valence-electron chi connectivity index (χ3n) is 2.04. The number of rotatable bonds is 2. The van der Waals surface area contributed by atoms with Crippen molar-refractivity contribution in [1.82, 2.24) is 4.98 Å². The molecule has 0 saturated carbocycles. The van der Waals surface area contributed by atoms with E-state index in [2.05, 4.69) is 26.2 Å². The van der Waals surface area contributed by atoms with Crippen molar-refractivity contribution in [2.75, 3.05) is 5.32 Å². The lowest BCUT2D eigenvalue weighted by Gasteiger charge is -2.06. The van der Waals surface area contributed by atoms with Crippen molar-refractivity contribution in [2.24, 2.45) is 0 Å². The number of nitrogens with zero attached hydrogens (tertiary/aromatic N) is 1. The highest BCUT2D eigenvalue weighted by molar-refractivity contribution is 9.10. The first-order valence-electron chi connectivity index (χ1n) is 4.62. The number of amides is 1. The number of halogens is 1. The second-order valence-corrected chi connectivity index (χ2v) is 4.88. The van der Waals surface area contributed by atoms with E-state index < -0.39 is 0 Å². The lowest BCUT2D eigenvalue weighted by atomic mass is 10.2. The van der Waals surface area contributed by atoms with Crippen LogP contribution >= 0.6 is 27.3 Å². The number of hydrogen-bond acceptors (Lipinski definition) is 3. The predicted octanol–water partition coefficient (Wildman–Crippen LogP) is 3.47. The number of carbonyl (C=O) groups is 1. The van der Waals surface area contributed by atoms with Crippen molar-refractivity contribution in [3.63, 3.8) is 0 Å². The standard InChI is InChI=1S/C11H9BrN2OS/c1-7-2-3-9(8(12)4-7)14-11(15)10-5-16-6-13-10/h2-6H,1H3,(H,14,15). The minimum atomic E-state index is -0.189. The highest BCUT2D eigenvalue weighted by Gasteiger charge is 2.09. The van der Waals surface area contributed by atoms with Gasteiger partial charge in [0, 0.05) is 9.85 Å². The number of anilines is 1. The summed E-state index contributed by atoms with van der Waals surface area (Å²) in [6.07, 6.45) is 0. The van der Waals surface area contributed by atoms with Gasteiger partial charge in [0.2, 0.25) is 0 Å². The van der Waals surface area contributed by atoms with E-state index in [1.807, 2.05) is 25.1 Å². The molecule has 2 rings (SSSR count). The van der Waals surface area contributed by atoms with Crippen LogP contribution in [0, 0.1) is 6.92 Å². The normalized spacial score (nSPS) is 10.1. The first-order chi connectivity index (χ1) is 7.66. The van der Waals surface area contributed by atoms with Gasteiger partial charge in [-0.15, -0.1) is 11.3 Å². The number of nitrogens with one attached hydrogen (secondary N) is 1. The average molecular weight is 297 g/mol. The Bertz CT molecular complexity index is 511. The van der Waals surface area contributed by atoms with E-state index in [9.17, 15) is 4.79 Å². The van der Waals surface area contributed by atoms with Gasteiger partial charge in [-0.2, -0.15) is 0 Å². The van der Waals surface area contributed by atoms with E-state index in [0.717, 1.165) is 15.7 Å². The van der Waals surface area contributed by atoms with E-state index in [4.69, 9.17) is 0 Å². The van der Waals surface area contributed by atoms with Crippen molar-refractivity contribution in [2.45, 2.75) is 6.92 Å². The maximum Gasteiger partial charge on any atom is 0.275 e. The van der Waals surface area contributed by atoms with Crippen LogP contribution in [0.2, 0.25) is 0 Å². The Labute approximate surface area is 106 Å². The molecule has 2 aromatic rings. The molecule has 0 fully saturated rings. The zero-order valence-electron chi connectivity index (χ0n) is 8.53. The summed E-state index contributed by atoms with van der Waals surface area (Å²) in [6.45, 7) is 2.00. The van der Waals surface area contributed by atoms with Gasteiger partial charge in [-0.1, -0.05) is 6.07 Å². The van der Waals surface area contributed by atoms with Gasteiger partial charge in [0.15, 0.2) is 0 Å². The molecule has 1 aromatic heterocycles. The summed E-state index contributed by atoms with van der Waals surface area (Å²) in [5.41, 5.74) is 3.97. The van der Waals surface area contributed by atoms with Gasteiger partial charge in [0.05, 0.1) is 11.2 Å². The van der Waals surface area contributed by atoms with Gasteiger partial charge in [-0.05, 0) is 40.5 Å². The molecular formula is C11H9BrN2OS. The fraction of sp³-hybridized carbons (Fsp3) is 0.0909. The fourth-order valence-corrected chi connectivity index (χ4v) is 2.36. The summed E-state index contributed by atoms with van der Waals surface area (Å²) in [7, 11) is 0. The molecule has 0 saturated heterocycles. The second kappa shape index (κ2) is 4.76. The SMILES string of the molecule is Cc1ccc(NC(=O)c2cscn2)c(Br)c1. The molecule has 1 aromatic carbocycles. The largest absolute Gasteiger partial charge is 0.320 e. The number of aromatic nitrogens is 1. The van der Waals surface area contributed by atoms with Gasteiger partial charge in [-0.3, -0.25) is 4.79 Å². The van der Waals surface area contributed by atoms with Crippen LogP contribution in [0.3, 0.4) is 0 Å². The van der Waals surface area contributed by atoms with E-state index >= 15 is 0 Å². The highest BCUT2D eigenvalue weighted by Crippen LogP contribution is 2.23. The number of carbonyl (C=O) groups excluding carboxylic acids is 1. The number of hydrogen-bond donors (Lipinski definition) is 1. The summed E-state index contributed by atoms with van der Waals surface area (Å²) < 4.78 is 0.871. The van der Waals surface area contributed by atoms with Gasteiger partial charge in [0.1, 0.15) is 5.69 Å². The lowest BCUT2D eigenvalue weighted by Crippen LogP contribution is -2.12. The van der Waals surface area contributed by atoms with Gasteiger partial charge in [0.25, 0.3) is 5.91 Å². The molecule has 0 spiro atoms. The highest BCUT2D eigenvalue weighted by atomic mass is 79.9. The van der Waals surface area contributed by atoms with E-state index in [1.54, 1.807) is 10.9 Å². The van der Waals surface area contributed by atoms with E-state index in [0.29, 0.717) is 5.69 Å². The number of thiazole rings is 1. The topological polar surface area (TPSA) is 42.0 Å². The van der Waals surface area contributed by atoms with Crippen LogP contribution in [0.4, 0.5) is 5.69 Å². The van der Waals surface area contributed by atoms with E-state index in [1.165, 1.54) is 11.3 Å². The Kier molecular flexibility index (Phi) is 3.36. The third-order valence-corrected chi connectivity index (χ3v) is 3.28. The van der Waals surface area contributed by atoms with Crippen molar-refractivity contribution >= 4 is 38.9 Å². The molecule has 5 heteroatoms. The monoisotopic (exact) mass is 296 g/mol. The fourth-order valence-electron chi connectivity index (χ4n) is 1.23. The Balaban J connectivity index is 2.18. The lowest BCUT2D eigenvalue weighted by molar-refractivity contribution is 0.102. The zero-order valence-corrected chi connectivity index (χ0v) is 10.9. The summed E-state index contributed by atoms with van der Waals surface area (Å²) in [5, 5.41) is 4.52. The van der Waals surface area contributed by atoms with Crippen LogP contribution in [0.5, 0.6) is 0 Å². The minimum absolute atomic E-state index is 0.189. The van der Waals surface area contributed by atoms with Crippen molar-refractivity contribution in [3.05, 3.63) is 44.8 Å². The molecule has 0 bridgehead atoms. The molecule has 0 unspecified atom stereocenters. The van der Waals surface area contributed by atoms with Crippen LogP contribution in [-0.2, 0) is 0 Å². The van der Waals surface area contributed by atoms with Crippen LogP contribution in [-0.4, -0.2) is 10.9 Å². The van der Waals surface area contributed by atoms with Crippen LogP contribution in [0.15, 0.2) is 33.6 Å². The molecule has 1 N–H and O–H groups in total. The van der Waals surface area contributed by atoms with Crippen LogP contribution in [0.25, 0.3) is 0 Å². The Morgan fingerprint density at radius 1 is 1.50 bits per heavy atom. The molecule has 0 aliphatic rings. The average Bonchev–Trinajstić information content (AvgIpc) is 2.75. The van der Waals surface area contributed by atoms with Crippen LogP contribution < -0.4 is 5.32 Å². The van der Waals surface area contributed by atoms with Gasteiger partial charge < -0.3 is 5.32 Å². The first kappa shape index (κ1) is 11.3. The number of benzene rings is 1. The summed E-state index contributed by atoms with van der Waals surface area (Å²) in [4.78, 5) is 15.7. The van der Waals surface area contributed by atoms with Crippen molar-refractivity contribution in [1.29, 1.82) is 0 Å².